The van der Waals surface area contributed by atoms with Crippen LogP contribution in [0.4, 0.5) is 18.9 Å². The van der Waals surface area contributed by atoms with E-state index in [0.29, 0.717) is 22.8 Å². The number of carbonyl (C=O) groups is 1. The van der Waals surface area contributed by atoms with Crippen LogP contribution in [0.15, 0.2) is 30.3 Å². The Morgan fingerprint density at radius 2 is 1.68 bits per heavy atom. The van der Waals surface area contributed by atoms with Crippen LogP contribution in [0.5, 0.6) is 23.0 Å². The molecule has 0 bridgehead atoms. The minimum atomic E-state index is -4.60. The molecule has 2 aromatic rings. The normalized spacial score (nSPS) is 10.9. The van der Waals surface area contributed by atoms with E-state index in [9.17, 15) is 28.1 Å². The Hall–Kier alpha value is -3.70. The summed E-state index contributed by atoms with van der Waals surface area (Å²) in [5, 5.41) is 13.7. The maximum Gasteiger partial charge on any atom is 0.422 e. The lowest BCUT2D eigenvalue weighted by Gasteiger charge is -2.14. The summed E-state index contributed by atoms with van der Waals surface area (Å²) in [6.45, 7) is -1.68. The first-order valence-corrected chi connectivity index (χ1v) is 8.64. The van der Waals surface area contributed by atoms with Gasteiger partial charge in [0, 0.05) is 12.6 Å². The van der Waals surface area contributed by atoms with Gasteiger partial charge in [-0.3, -0.25) is 14.9 Å². The Morgan fingerprint density at radius 1 is 1.06 bits per heavy atom. The molecule has 168 valence electrons. The molecule has 2 aromatic carbocycles. The van der Waals surface area contributed by atoms with Gasteiger partial charge in [0.05, 0.1) is 26.3 Å². The zero-order valence-electron chi connectivity index (χ0n) is 16.7. The highest BCUT2D eigenvalue weighted by atomic mass is 19.4. The van der Waals surface area contributed by atoms with E-state index in [2.05, 4.69) is 10.1 Å². The number of nitro benzene ring substituents is 1. The molecule has 0 saturated carbocycles. The second kappa shape index (κ2) is 9.87. The zero-order valence-corrected chi connectivity index (χ0v) is 16.7. The van der Waals surface area contributed by atoms with E-state index in [1.807, 2.05) is 0 Å². The summed E-state index contributed by atoms with van der Waals surface area (Å²) in [4.78, 5) is 23.0. The third kappa shape index (κ3) is 6.14. The van der Waals surface area contributed by atoms with Crippen molar-refractivity contribution in [2.24, 2.45) is 0 Å². The molecule has 0 atom stereocenters. The predicted octanol–water partition coefficient (Wildman–Crippen LogP) is 3.49. The van der Waals surface area contributed by atoms with Gasteiger partial charge in [-0.25, -0.2) is 0 Å². The Bertz CT molecular complexity index is 939. The van der Waals surface area contributed by atoms with Gasteiger partial charge in [0.15, 0.2) is 18.1 Å². The van der Waals surface area contributed by atoms with E-state index < -0.39 is 34.9 Å². The number of hydrogen-bond acceptors (Lipinski definition) is 7. The molecule has 0 heterocycles. The number of benzene rings is 2. The quantitative estimate of drug-likeness (QED) is 0.466. The van der Waals surface area contributed by atoms with Crippen LogP contribution in [-0.2, 0) is 6.54 Å². The number of halogens is 3. The molecule has 0 saturated heterocycles. The molecule has 0 unspecified atom stereocenters. The second-order valence-corrected chi connectivity index (χ2v) is 6.06. The number of nitrogens with zero attached hydrogens (tertiary/aromatic N) is 1. The van der Waals surface area contributed by atoms with E-state index >= 15 is 0 Å². The topological polar surface area (TPSA) is 109 Å². The number of alkyl halides is 3. The number of hydrogen-bond donors (Lipinski definition) is 1. The van der Waals surface area contributed by atoms with Gasteiger partial charge in [-0.2, -0.15) is 13.2 Å². The van der Waals surface area contributed by atoms with E-state index in [1.165, 1.54) is 21.3 Å². The number of amides is 1. The van der Waals surface area contributed by atoms with E-state index in [0.717, 1.165) is 18.2 Å². The fourth-order valence-corrected chi connectivity index (χ4v) is 2.63. The summed E-state index contributed by atoms with van der Waals surface area (Å²) in [5.41, 5.74) is -0.506. The summed E-state index contributed by atoms with van der Waals surface area (Å²) in [6, 6.07) is 5.91. The van der Waals surface area contributed by atoms with Gasteiger partial charge in [0.2, 0.25) is 5.75 Å². The molecule has 12 heteroatoms. The van der Waals surface area contributed by atoms with Crippen LogP contribution in [0.25, 0.3) is 0 Å². The summed E-state index contributed by atoms with van der Waals surface area (Å²) in [6.07, 6.45) is -4.60. The highest BCUT2D eigenvalue weighted by Gasteiger charge is 2.29. The van der Waals surface area contributed by atoms with Crippen molar-refractivity contribution in [2.75, 3.05) is 27.9 Å². The summed E-state index contributed by atoms with van der Waals surface area (Å²) >= 11 is 0. The predicted molar refractivity (Wildman–Crippen MR) is 102 cm³/mol. The highest BCUT2D eigenvalue weighted by Crippen LogP contribution is 2.38. The van der Waals surface area contributed by atoms with E-state index in [-0.39, 0.29) is 12.3 Å². The summed E-state index contributed by atoms with van der Waals surface area (Å²) in [7, 11) is 4.25. The lowest BCUT2D eigenvalue weighted by atomic mass is 10.1. The van der Waals surface area contributed by atoms with Crippen molar-refractivity contribution in [2.45, 2.75) is 12.7 Å². The molecule has 0 aliphatic rings. The van der Waals surface area contributed by atoms with Crippen LogP contribution >= 0.6 is 0 Å². The molecule has 0 radical (unpaired) electrons. The van der Waals surface area contributed by atoms with Crippen molar-refractivity contribution in [1.82, 2.24) is 5.32 Å². The third-order valence-electron chi connectivity index (χ3n) is 3.99. The average molecular weight is 444 g/mol. The monoisotopic (exact) mass is 444 g/mol. The van der Waals surface area contributed by atoms with Crippen LogP contribution in [-0.4, -0.2) is 44.9 Å². The van der Waals surface area contributed by atoms with Gasteiger partial charge in [-0.1, -0.05) is 0 Å². The van der Waals surface area contributed by atoms with Crippen molar-refractivity contribution in [3.05, 3.63) is 51.6 Å². The Balaban J connectivity index is 2.25. The van der Waals surface area contributed by atoms with E-state index in [1.54, 1.807) is 12.1 Å². The Kier molecular flexibility index (Phi) is 7.51. The van der Waals surface area contributed by atoms with Crippen LogP contribution in [0.1, 0.15) is 15.9 Å². The first kappa shape index (κ1) is 23.6. The van der Waals surface area contributed by atoms with E-state index in [4.69, 9.17) is 14.2 Å². The van der Waals surface area contributed by atoms with Gasteiger partial charge in [0.1, 0.15) is 11.3 Å². The Morgan fingerprint density at radius 3 is 2.16 bits per heavy atom. The minimum absolute atomic E-state index is 0.0830. The maximum atomic E-state index is 12.5. The van der Waals surface area contributed by atoms with Gasteiger partial charge in [-0.15, -0.1) is 0 Å². The molecular formula is C19H19F3N2O7. The van der Waals surface area contributed by atoms with Crippen molar-refractivity contribution in [3.63, 3.8) is 0 Å². The van der Waals surface area contributed by atoms with Gasteiger partial charge < -0.3 is 24.3 Å². The minimum Gasteiger partial charge on any atom is -0.493 e. The maximum absolute atomic E-state index is 12.5. The van der Waals surface area contributed by atoms with Crippen molar-refractivity contribution < 1.29 is 41.8 Å². The average Bonchev–Trinajstić information content (AvgIpc) is 2.74. The van der Waals surface area contributed by atoms with Crippen LogP contribution in [0, 0.1) is 10.1 Å². The van der Waals surface area contributed by atoms with Gasteiger partial charge >= 0.3 is 6.18 Å². The number of methoxy groups -OCH3 is 3. The lowest BCUT2D eigenvalue weighted by molar-refractivity contribution is -0.385. The number of nitro groups is 1. The fraction of sp³-hybridized carbons (Fsp3) is 0.316. The molecule has 0 aromatic heterocycles. The van der Waals surface area contributed by atoms with Gasteiger partial charge in [-0.05, 0) is 29.8 Å². The number of carbonyl (C=O) groups excluding carboxylic acids is 1. The van der Waals surface area contributed by atoms with Crippen LogP contribution in [0.2, 0.25) is 0 Å². The molecule has 2 rings (SSSR count). The molecule has 0 spiro atoms. The molecule has 9 nitrogen and oxygen atoms in total. The Labute approximate surface area is 174 Å². The smallest absolute Gasteiger partial charge is 0.422 e. The summed E-state index contributed by atoms with van der Waals surface area (Å²) in [5.74, 6) is -0.205. The lowest BCUT2D eigenvalue weighted by Crippen LogP contribution is -2.24. The molecular weight excluding hydrogens is 425 g/mol. The first-order chi connectivity index (χ1) is 14.6. The SMILES string of the molecule is COc1cc(CNC(=O)c2cc(OCC(F)(F)F)ccc2[N+](=O)[O-])cc(OC)c1OC. The number of rotatable bonds is 9. The summed E-state index contributed by atoms with van der Waals surface area (Å²) < 4.78 is 57.3. The number of nitrogens with one attached hydrogen (secondary N) is 1. The number of ether oxygens (including phenoxy) is 4. The zero-order chi connectivity index (χ0) is 23.2. The van der Waals surface area contributed by atoms with Gasteiger partial charge in [0.25, 0.3) is 11.6 Å². The molecule has 1 amide bonds. The van der Waals surface area contributed by atoms with Crippen molar-refractivity contribution in [1.29, 1.82) is 0 Å². The standard InChI is InChI=1S/C19H19F3N2O7/c1-28-15-6-11(7-16(29-2)17(15)30-3)9-23-18(25)13-8-12(31-10-19(20,21)22)4-5-14(13)24(26)27/h4-8H,9-10H2,1-3H3,(H,23,25). The molecule has 0 aliphatic carbocycles. The van der Waals surface area contributed by atoms with Crippen molar-refractivity contribution >= 4 is 11.6 Å². The van der Waals surface area contributed by atoms with Crippen molar-refractivity contribution in [3.8, 4) is 23.0 Å². The molecule has 0 fully saturated rings. The fourth-order valence-electron chi connectivity index (χ4n) is 2.63. The molecule has 31 heavy (non-hydrogen) atoms. The molecule has 1 N–H and O–H groups in total. The second-order valence-electron chi connectivity index (χ2n) is 6.06. The highest BCUT2D eigenvalue weighted by molar-refractivity contribution is 5.98. The van der Waals surface area contributed by atoms with Crippen LogP contribution in [0.3, 0.4) is 0 Å². The third-order valence-corrected chi connectivity index (χ3v) is 3.99. The van der Waals surface area contributed by atoms with Crippen LogP contribution < -0.4 is 24.3 Å². The largest absolute Gasteiger partial charge is 0.493 e. The molecule has 0 aliphatic heterocycles. The first-order valence-electron chi connectivity index (χ1n) is 8.64.